The van der Waals surface area contributed by atoms with E-state index in [0.717, 1.165) is 49.7 Å². The number of hydrogen-bond donors (Lipinski definition) is 0. The van der Waals surface area contributed by atoms with E-state index in [0.29, 0.717) is 33.5 Å². The summed E-state index contributed by atoms with van der Waals surface area (Å²) in [6, 6.07) is 47.4. The fraction of sp³-hybridized carbons (Fsp3) is 0. The van der Waals surface area contributed by atoms with Crippen molar-refractivity contribution in [3.63, 3.8) is 0 Å². The third-order valence-corrected chi connectivity index (χ3v) is 8.13. The summed E-state index contributed by atoms with van der Waals surface area (Å²) in [5.41, 5.74) is 8.66. The molecule has 1 aromatic heterocycles. The summed E-state index contributed by atoms with van der Waals surface area (Å²) >= 11 is 0. The Morgan fingerprint density at radius 1 is 0.511 bits per heavy atom. The second-order valence-electron chi connectivity index (χ2n) is 10.5. The van der Waals surface area contributed by atoms with Crippen LogP contribution in [0.4, 0.5) is 5.69 Å². The summed E-state index contributed by atoms with van der Waals surface area (Å²) in [5, 5.41) is 32.4. The van der Waals surface area contributed by atoms with Crippen molar-refractivity contribution in [2.45, 2.75) is 0 Å². The molecule has 7 rings (SSSR count). The minimum Gasteiger partial charge on any atom is -0.308 e. The quantitative estimate of drug-likeness (QED) is 0.197. The largest absolute Gasteiger partial charge is 0.308 e. The fourth-order valence-electron chi connectivity index (χ4n) is 6.26. The van der Waals surface area contributed by atoms with Crippen LogP contribution in [-0.4, -0.2) is 4.57 Å². The predicted octanol–water partition coefficient (Wildman–Crippen LogP) is 9.95. The number of aromatic nitrogens is 1. The van der Waals surface area contributed by atoms with Gasteiger partial charge in [0.2, 0.25) is 0 Å². The molecule has 5 heteroatoms. The van der Waals surface area contributed by atoms with Crippen molar-refractivity contribution in [2.75, 3.05) is 0 Å². The van der Waals surface area contributed by atoms with E-state index in [9.17, 15) is 15.8 Å². The SMILES string of the molecule is [C-]#[N+]c1cccc(C#N)c1-c1cc(-c2ccccc2)cc2c3cccc(-c4c(C#N)cccc4C#N)c3n(-c3ccccc3)c12. The van der Waals surface area contributed by atoms with Crippen LogP contribution in [0.5, 0.6) is 0 Å². The summed E-state index contributed by atoms with van der Waals surface area (Å²) in [6.07, 6.45) is 0. The number of fused-ring (bicyclic) bond motifs is 3. The standard InChI is InChI=1S/C40H21N5/c1-44-36-20-9-15-29(25-43)38(36)35-22-30(26-11-4-2-5-12-26)21-34-32-18-10-19-33(37-27(23-41)13-8-14-28(37)24-42)39(32)45(40(34)35)31-16-6-3-7-17-31/h2-22H. The highest BCUT2D eigenvalue weighted by atomic mass is 15.0. The van der Waals surface area contributed by atoms with Crippen LogP contribution in [0.3, 0.4) is 0 Å². The molecule has 5 nitrogen and oxygen atoms in total. The van der Waals surface area contributed by atoms with Gasteiger partial charge in [-0.25, -0.2) is 4.85 Å². The summed E-state index contributed by atoms with van der Waals surface area (Å²) in [6.45, 7) is 8.04. The number of benzene rings is 6. The Bertz CT molecular complexity index is 2400. The molecule has 0 saturated carbocycles. The molecule has 45 heavy (non-hydrogen) atoms. The van der Waals surface area contributed by atoms with Gasteiger partial charge in [-0.2, -0.15) is 15.8 Å². The van der Waals surface area contributed by atoms with Crippen LogP contribution < -0.4 is 0 Å². The van der Waals surface area contributed by atoms with Gasteiger partial charge in [0, 0.05) is 38.7 Å². The molecule has 0 fully saturated rings. The second-order valence-corrected chi connectivity index (χ2v) is 10.5. The van der Waals surface area contributed by atoms with Crippen LogP contribution in [0.25, 0.3) is 65.7 Å². The minimum absolute atomic E-state index is 0.382. The zero-order valence-electron chi connectivity index (χ0n) is 23.9. The lowest BCUT2D eigenvalue weighted by molar-refractivity contribution is 1.18. The van der Waals surface area contributed by atoms with Gasteiger partial charge in [0.25, 0.3) is 0 Å². The summed E-state index contributed by atoms with van der Waals surface area (Å²) in [7, 11) is 0. The van der Waals surface area contributed by atoms with Gasteiger partial charge < -0.3 is 4.57 Å². The first-order valence-electron chi connectivity index (χ1n) is 14.2. The topological polar surface area (TPSA) is 80.7 Å². The third-order valence-electron chi connectivity index (χ3n) is 8.13. The maximum Gasteiger partial charge on any atom is 0.196 e. The maximum absolute atomic E-state index is 10.3. The molecule has 0 amide bonds. The zero-order valence-corrected chi connectivity index (χ0v) is 23.9. The highest BCUT2D eigenvalue weighted by molar-refractivity contribution is 6.19. The van der Waals surface area contributed by atoms with Gasteiger partial charge in [0.05, 0.1) is 46.9 Å². The first-order valence-corrected chi connectivity index (χ1v) is 14.2. The number of nitriles is 3. The highest BCUT2D eigenvalue weighted by Gasteiger charge is 2.25. The monoisotopic (exact) mass is 571 g/mol. The van der Waals surface area contributed by atoms with Gasteiger partial charge >= 0.3 is 0 Å². The van der Waals surface area contributed by atoms with Crippen LogP contribution in [0.1, 0.15) is 16.7 Å². The molecule has 1 heterocycles. The van der Waals surface area contributed by atoms with E-state index in [4.69, 9.17) is 6.57 Å². The lowest BCUT2D eigenvalue weighted by Gasteiger charge is -2.17. The maximum atomic E-state index is 10.3. The second kappa shape index (κ2) is 11.1. The lowest BCUT2D eigenvalue weighted by atomic mass is 9.91. The fourth-order valence-corrected chi connectivity index (χ4v) is 6.26. The van der Waals surface area contributed by atoms with E-state index in [2.05, 4.69) is 39.8 Å². The van der Waals surface area contributed by atoms with Crippen molar-refractivity contribution in [1.82, 2.24) is 4.57 Å². The first-order chi connectivity index (χ1) is 22.2. The zero-order chi connectivity index (χ0) is 30.9. The Kier molecular flexibility index (Phi) is 6.62. The predicted molar refractivity (Wildman–Crippen MR) is 177 cm³/mol. The van der Waals surface area contributed by atoms with Crippen molar-refractivity contribution < 1.29 is 0 Å². The summed E-state index contributed by atoms with van der Waals surface area (Å²) in [4.78, 5) is 3.85. The van der Waals surface area contributed by atoms with Crippen LogP contribution in [0, 0.1) is 40.6 Å². The van der Waals surface area contributed by atoms with E-state index in [1.165, 1.54) is 0 Å². The average molecular weight is 572 g/mol. The van der Waals surface area contributed by atoms with Gasteiger partial charge in [0.15, 0.2) is 5.69 Å². The molecule has 0 aliphatic rings. The molecule has 0 bridgehead atoms. The van der Waals surface area contributed by atoms with Crippen molar-refractivity contribution >= 4 is 27.5 Å². The van der Waals surface area contributed by atoms with E-state index in [-0.39, 0.29) is 0 Å². The van der Waals surface area contributed by atoms with Crippen LogP contribution in [0.15, 0.2) is 127 Å². The Hall–Kier alpha value is -6.92. The van der Waals surface area contributed by atoms with Crippen LogP contribution >= 0.6 is 0 Å². The van der Waals surface area contributed by atoms with E-state index in [1.54, 1.807) is 36.4 Å². The van der Waals surface area contributed by atoms with Gasteiger partial charge in [-0.05, 0) is 59.2 Å². The Morgan fingerprint density at radius 2 is 1.09 bits per heavy atom. The summed E-state index contributed by atoms with van der Waals surface area (Å²) in [5.74, 6) is 0. The number of para-hydroxylation sites is 2. The number of nitrogens with zero attached hydrogens (tertiary/aromatic N) is 5. The average Bonchev–Trinajstić information content (AvgIpc) is 3.46. The van der Waals surface area contributed by atoms with E-state index in [1.807, 2.05) is 78.9 Å². The highest BCUT2D eigenvalue weighted by Crippen LogP contribution is 2.47. The Labute approximate surface area is 260 Å². The summed E-state index contributed by atoms with van der Waals surface area (Å²) < 4.78 is 2.14. The Morgan fingerprint density at radius 3 is 1.73 bits per heavy atom. The first kappa shape index (κ1) is 26.9. The van der Waals surface area contributed by atoms with Crippen molar-refractivity contribution in [3.05, 3.63) is 156 Å². The number of hydrogen-bond acceptors (Lipinski definition) is 3. The van der Waals surface area contributed by atoms with Gasteiger partial charge in [0.1, 0.15) is 0 Å². The van der Waals surface area contributed by atoms with Gasteiger partial charge in [-0.3, -0.25) is 0 Å². The van der Waals surface area contributed by atoms with Crippen molar-refractivity contribution in [1.29, 1.82) is 15.8 Å². The van der Waals surface area contributed by atoms with E-state index >= 15 is 0 Å². The van der Waals surface area contributed by atoms with E-state index < -0.39 is 0 Å². The molecule has 206 valence electrons. The lowest BCUT2D eigenvalue weighted by Crippen LogP contribution is -1.99. The normalized spacial score (nSPS) is 10.6. The Balaban J connectivity index is 1.77. The number of rotatable bonds is 4. The molecule has 0 aliphatic carbocycles. The van der Waals surface area contributed by atoms with Crippen LogP contribution in [-0.2, 0) is 0 Å². The molecule has 0 saturated heterocycles. The smallest absolute Gasteiger partial charge is 0.196 e. The van der Waals surface area contributed by atoms with Crippen molar-refractivity contribution in [2.24, 2.45) is 0 Å². The molecule has 0 unspecified atom stereocenters. The van der Waals surface area contributed by atoms with Crippen molar-refractivity contribution in [3.8, 4) is 57.3 Å². The van der Waals surface area contributed by atoms with Gasteiger partial charge in [-0.15, -0.1) is 0 Å². The molecular weight excluding hydrogens is 550 g/mol. The third kappa shape index (κ3) is 4.29. The molecule has 0 N–H and O–H groups in total. The van der Waals surface area contributed by atoms with Crippen LogP contribution in [0.2, 0.25) is 0 Å². The molecule has 0 radical (unpaired) electrons. The molecular formula is C40H21N5. The molecule has 0 atom stereocenters. The van der Waals surface area contributed by atoms with Gasteiger partial charge in [-0.1, -0.05) is 84.9 Å². The molecule has 7 aromatic rings. The molecule has 0 aliphatic heterocycles. The molecule has 6 aromatic carbocycles. The minimum atomic E-state index is 0.382. The molecule has 0 spiro atoms.